The Morgan fingerprint density at radius 2 is 2.00 bits per heavy atom. The number of aliphatic hydroxyl groups is 2. The molecule has 2 aliphatic heterocycles. The third-order valence-corrected chi connectivity index (χ3v) is 5.84. The van der Waals surface area contributed by atoms with E-state index in [0.717, 1.165) is 38.2 Å². The number of piperidine rings is 1. The summed E-state index contributed by atoms with van der Waals surface area (Å²) in [7, 11) is 0. The Bertz CT molecular complexity index is 478. The first-order chi connectivity index (χ1) is 9.97. The molecule has 0 bridgehead atoms. The summed E-state index contributed by atoms with van der Waals surface area (Å²) in [5.41, 5.74) is 0.903. The molecule has 3 heterocycles. The molecule has 0 aromatic carbocycles. The van der Waals surface area contributed by atoms with Gasteiger partial charge >= 0.3 is 0 Å². The Kier molecular flexibility index (Phi) is 4.34. The van der Waals surface area contributed by atoms with Gasteiger partial charge in [-0.15, -0.1) is 11.3 Å². The highest BCUT2D eigenvalue weighted by molar-refractivity contribution is 7.11. The molecule has 1 aromatic heterocycles. The molecular weight excluding hydrogens is 288 g/mol. The summed E-state index contributed by atoms with van der Waals surface area (Å²) in [5.74, 6) is 0. The zero-order valence-electron chi connectivity index (χ0n) is 12.7. The second-order valence-electron chi connectivity index (χ2n) is 6.36. The number of aromatic nitrogens is 1. The number of thiazole rings is 1. The first-order valence-corrected chi connectivity index (χ1v) is 8.44. The monoisotopic (exact) mass is 312 g/mol. The summed E-state index contributed by atoms with van der Waals surface area (Å²) in [5, 5.41) is 20.6. The molecular formula is C15H24N2O3S. The molecule has 2 aliphatic rings. The van der Waals surface area contributed by atoms with Gasteiger partial charge in [-0.2, -0.15) is 0 Å². The molecule has 2 fully saturated rings. The molecule has 1 aromatic rings. The summed E-state index contributed by atoms with van der Waals surface area (Å²) in [6, 6.07) is 0. The van der Waals surface area contributed by atoms with Gasteiger partial charge in [0.2, 0.25) is 0 Å². The van der Waals surface area contributed by atoms with Crippen molar-refractivity contribution in [1.82, 2.24) is 9.88 Å². The Balaban J connectivity index is 1.55. The van der Waals surface area contributed by atoms with Gasteiger partial charge in [0.25, 0.3) is 0 Å². The number of nitrogens with zero attached hydrogens (tertiary/aromatic N) is 2. The van der Waals surface area contributed by atoms with Crippen molar-refractivity contribution in [2.45, 2.75) is 57.5 Å². The molecule has 1 spiro atoms. The Morgan fingerprint density at radius 1 is 1.29 bits per heavy atom. The lowest BCUT2D eigenvalue weighted by Crippen LogP contribution is -2.54. The topological polar surface area (TPSA) is 65.8 Å². The largest absolute Gasteiger partial charge is 0.390 e. The van der Waals surface area contributed by atoms with Crippen LogP contribution >= 0.6 is 11.3 Å². The molecule has 6 heteroatoms. The van der Waals surface area contributed by atoms with Crippen LogP contribution in [0.25, 0.3) is 0 Å². The number of aryl methyl sites for hydroxylation is 2. The molecule has 2 saturated heterocycles. The van der Waals surface area contributed by atoms with Gasteiger partial charge in [-0.3, -0.25) is 4.90 Å². The molecule has 0 saturated carbocycles. The van der Waals surface area contributed by atoms with Gasteiger partial charge < -0.3 is 14.9 Å². The average Bonchev–Trinajstić information content (AvgIpc) is 2.76. The predicted octanol–water partition coefficient (Wildman–Crippen LogP) is 1.24. The maximum atomic E-state index is 9.88. The van der Waals surface area contributed by atoms with Gasteiger partial charge in [0.1, 0.15) is 11.1 Å². The predicted molar refractivity (Wildman–Crippen MR) is 81.4 cm³/mol. The minimum atomic E-state index is -0.727. The highest BCUT2D eigenvalue weighted by atomic mass is 32.1. The molecule has 118 valence electrons. The normalized spacial score (nSPS) is 29.9. The summed E-state index contributed by atoms with van der Waals surface area (Å²) in [6.45, 7) is 7.25. The maximum absolute atomic E-state index is 9.88. The lowest BCUT2D eigenvalue weighted by molar-refractivity contribution is -0.188. The van der Waals surface area contributed by atoms with E-state index in [1.807, 2.05) is 0 Å². The number of hydrogen-bond donors (Lipinski definition) is 2. The van der Waals surface area contributed by atoms with E-state index in [1.54, 1.807) is 11.3 Å². The summed E-state index contributed by atoms with van der Waals surface area (Å²) >= 11 is 1.78. The van der Waals surface area contributed by atoms with E-state index in [-0.39, 0.29) is 12.2 Å². The van der Waals surface area contributed by atoms with Crippen LogP contribution in [0.2, 0.25) is 0 Å². The standard InChI is InChI=1S/C15H24N2O3S/c1-10-11(2)21-14(16-10)8-17-5-3-15(4-6-17)7-12(18)13(19)9-20-15/h12-13,18-19H,3-9H2,1-2H3/t12-,13+/m1/s1. The van der Waals surface area contributed by atoms with Gasteiger partial charge in [-0.05, 0) is 26.7 Å². The van der Waals surface area contributed by atoms with Gasteiger partial charge in [-0.1, -0.05) is 0 Å². The van der Waals surface area contributed by atoms with Crippen molar-refractivity contribution in [3.05, 3.63) is 15.6 Å². The van der Waals surface area contributed by atoms with Crippen molar-refractivity contribution in [2.75, 3.05) is 19.7 Å². The van der Waals surface area contributed by atoms with Crippen molar-refractivity contribution in [2.24, 2.45) is 0 Å². The number of rotatable bonds is 2. The van der Waals surface area contributed by atoms with Crippen molar-refractivity contribution in [3.8, 4) is 0 Å². The number of hydrogen-bond acceptors (Lipinski definition) is 6. The van der Waals surface area contributed by atoms with E-state index in [1.165, 1.54) is 9.88 Å². The van der Waals surface area contributed by atoms with Crippen LogP contribution < -0.4 is 0 Å². The fourth-order valence-corrected chi connectivity index (χ4v) is 4.19. The van der Waals surface area contributed by atoms with Crippen LogP contribution in [0.5, 0.6) is 0 Å². The van der Waals surface area contributed by atoms with Crippen LogP contribution in [0.4, 0.5) is 0 Å². The molecule has 5 nitrogen and oxygen atoms in total. The Labute approximate surface area is 129 Å². The van der Waals surface area contributed by atoms with E-state index in [4.69, 9.17) is 4.74 Å². The maximum Gasteiger partial charge on any atom is 0.107 e. The van der Waals surface area contributed by atoms with Crippen LogP contribution in [-0.4, -0.2) is 57.6 Å². The molecule has 2 N–H and O–H groups in total. The fraction of sp³-hybridized carbons (Fsp3) is 0.800. The third kappa shape index (κ3) is 3.29. The van der Waals surface area contributed by atoms with Gasteiger partial charge in [0, 0.05) is 24.4 Å². The van der Waals surface area contributed by atoms with E-state index in [0.29, 0.717) is 6.42 Å². The van der Waals surface area contributed by atoms with E-state index >= 15 is 0 Å². The van der Waals surface area contributed by atoms with Crippen molar-refractivity contribution >= 4 is 11.3 Å². The summed E-state index contributed by atoms with van der Waals surface area (Å²) in [4.78, 5) is 8.31. The zero-order valence-corrected chi connectivity index (χ0v) is 13.5. The van der Waals surface area contributed by atoms with Gasteiger partial charge in [-0.25, -0.2) is 4.98 Å². The van der Waals surface area contributed by atoms with Crippen LogP contribution in [-0.2, 0) is 11.3 Å². The summed E-state index contributed by atoms with van der Waals surface area (Å²) < 4.78 is 5.86. The highest BCUT2D eigenvalue weighted by Gasteiger charge is 2.42. The lowest BCUT2D eigenvalue weighted by Gasteiger charge is -2.46. The molecule has 0 radical (unpaired) electrons. The average molecular weight is 312 g/mol. The molecule has 2 atom stereocenters. The second-order valence-corrected chi connectivity index (χ2v) is 7.65. The van der Waals surface area contributed by atoms with Crippen LogP contribution in [0.3, 0.4) is 0 Å². The minimum absolute atomic E-state index is 0.232. The molecule has 0 aliphatic carbocycles. The molecule has 21 heavy (non-hydrogen) atoms. The number of likely N-dealkylation sites (tertiary alicyclic amines) is 1. The molecule has 0 unspecified atom stereocenters. The molecule has 0 amide bonds. The fourth-order valence-electron chi connectivity index (χ4n) is 3.21. The minimum Gasteiger partial charge on any atom is -0.390 e. The van der Waals surface area contributed by atoms with Crippen molar-refractivity contribution in [3.63, 3.8) is 0 Å². The van der Waals surface area contributed by atoms with Crippen molar-refractivity contribution < 1.29 is 14.9 Å². The van der Waals surface area contributed by atoms with E-state index in [9.17, 15) is 10.2 Å². The quantitative estimate of drug-likeness (QED) is 0.860. The zero-order chi connectivity index (χ0) is 15.0. The smallest absolute Gasteiger partial charge is 0.107 e. The second kappa shape index (κ2) is 5.93. The Hall–Kier alpha value is -0.530. The highest BCUT2D eigenvalue weighted by Crippen LogP contribution is 2.35. The summed E-state index contributed by atoms with van der Waals surface area (Å²) in [6.07, 6.45) is 1.02. The number of aliphatic hydroxyl groups excluding tert-OH is 2. The third-order valence-electron chi connectivity index (χ3n) is 4.78. The Morgan fingerprint density at radius 3 is 2.57 bits per heavy atom. The van der Waals surface area contributed by atoms with Gasteiger partial charge in [0.15, 0.2) is 0 Å². The van der Waals surface area contributed by atoms with E-state index < -0.39 is 12.2 Å². The van der Waals surface area contributed by atoms with Crippen LogP contribution in [0.1, 0.15) is 34.8 Å². The van der Waals surface area contributed by atoms with Crippen LogP contribution in [0, 0.1) is 13.8 Å². The first kappa shape index (κ1) is 15.4. The van der Waals surface area contributed by atoms with E-state index in [2.05, 4.69) is 23.7 Å². The van der Waals surface area contributed by atoms with Gasteiger partial charge in [0.05, 0.1) is 30.6 Å². The van der Waals surface area contributed by atoms with Crippen molar-refractivity contribution in [1.29, 1.82) is 0 Å². The van der Waals surface area contributed by atoms with Crippen LogP contribution in [0.15, 0.2) is 0 Å². The number of ether oxygens (including phenoxy) is 1. The first-order valence-electron chi connectivity index (χ1n) is 7.63. The SMILES string of the molecule is Cc1nc(CN2CCC3(CC2)C[C@@H](O)[C@@H](O)CO3)sc1C. The molecule has 3 rings (SSSR count). The lowest BCUT2D eigenvalue weighted by atomic mass is 9.82.